The van der Waals surface area contributed by atoms with Crippen molar-refractivity contribution < 1.29 is 9.90 Å². The zero-order valence-corrected chi connectivity index (χ0v) is 13.4. The van der Waals surface area contributed by atoms with Crippen LogP contribution in [0.5, 0.6) is 0 Å². The van der Waals surface area contributed by atoms with Crippen LogP contribution in [-0.4, -0.2) is 16.5 Å². The fourth-order valence-corrected chi connectivity index (χ4v) is 6.42. The lowest BCUT2D eigenvalue weighted by Crippen LogP contribution is -2.51. The van der Waals surface area contributed by atoms with Crippen LogP contribution in [-0.2, 0) is 4.79 Å². The molecule has 6 atom stereocenters. The van der Waals surface area contributed by atoms with Crippen molar-refractivity contribution in [2.45, 2.75) is 70.8 Å². The third-order valence-corrected chi connectivity index (χ3v) is 7.86. The number of ketones is 1. The molecule has 0 saturated heterocycles. The van der Waals surface area contributed by atoms with Gasteiger partial charge in [-0.05, 0) is 87.0 Å². The van der Waals surface area contributed by atoms with Crippen molar-refractivity contribution in [1.29, 1.82) is 0 Å². The molecule has 0 amide bonds. The number of hydrogen-bond acceptors (Lipinski definition) is 2. The van der Waals surface area contributed by atoms with Gasteiger partial charge in [-0.25, -0.2) is 0 Å². The van der Waals surface area contributed by atoms with Crippen LogP contribution in [0.3, 0.4) is 0 Å². The van der Waals surface area contributed by atoms with Crippen molar-refractivity contribution >= 4 is 5.78 Å². The Morgan fingerprint density at radius 1 is 1.05 bits per heavy atom. The quantitative estimate of drug-likeness (QED) is 0.734. The normalized spacial score (nSPS) is 52.7. The van der Waals surface area contributed by atoms with Gasteiger partial charge in [0.2, 0.25) is 0 Å². The topological polar surface area (TPSA) is 37.3 Å². The summed E-state index contributed by atoms with van der Waals surface area (Å²) < 4.78 is 0. The van der Waals surface area contributed by atoms with E-state index in [-0.39, 0.29) is 5.41 Å². The van der Waals surface area contributed by atoms with Crippen LogP contribution in [0.1, 0.15) is 65.2 Å². The molecule has 116 valence electrons. The molecule has 0 aliphatic heterocycles. The largest absolute Gasteiger partial charge is 0.390 e. The molecule has 0 heterocycles. The molecule has 3 saturated carbocycles. The van der Waals surface area contributed by atoms with Crippen LogP contribution in [0.2, 0.25) is 0 Å². The summed E-state index contributed by atoms with van der Waals surface area (Å²) in [5.41, 5.74) is 1.11. The van der Waals surface area contributed by atoms with Gasteiger partial charge in [-0.15, -0.1) is 0 Å². The Bertz CT molecular complexity index is 504. The van der Waals surface area contributed by atoms with Crippen molar-refractivity contribution in [3.05, 3.63) is 11.6 Å². The Balaban J connectivity index is 1.64. The fourth-order valence-electron chi connectivity index (χ4n) is 6.42. The van der Waals surface area contributed by atoms with Crippen LogP contribution in [0.15, 0.2) is 11.6 Å². The van der Waals surface area contributed by atoms with E-state index in [2.05, 4.69) is 13.8 Å². The Labute approximate surface area is 128 Å². The molecule has 0 radical (unpaired) electrons. The minimum atomic E-state index is -0.471. The minimum absolute atomic E-state index is 0.125. The highest BCUT2D eigenvalue weighted by Crippen LogP contribution is 2.64. The average molecular weight is 288 g/mol. The molecule has 0 aromatic rings. The van der Waals surface area contributed by atoms with Crippen LogP contribution in [0, 0.1) is 29.1 Å². The third-order valence-electron chi connectivity index (χ3n) is 7.86. The second kappa shape index (κ2) is 4.44. The van der Waals surface area contributed by atoms with Crippen LogP contribution in [0.4, 0.5) is 0 Å². The first-order valence-corrected chi connectivity index (χ1v) is 8.88. The lowest BCUT2D eigenvalue weighted by Gasteiger charge is -2.55. The highest BCUT2D eigenvalue weighted by Gasteiger charge is 2.60. The maximum absolute atomic E-state index is 11.7. The Morgan fingerprint density at radius 2 is 1.86 bits per heavy atom. The van der Waals surface area contributed by atoms with Gasteiger partial charge >= 0.3 is 0 Å². The summed E-state index contributed by atoms with van der Waals surface area (Å²) in [4.78, 5) is 11.7. The minimum Gasteiger partial charge on any atom is -0.390 e. The maximum Gasteiger partial charge on any atom is 0.155 e. The Morgan fingerprint density at radius 3 is 2.67 bits per heavy atom. The molecule has 4 unspecified atom stereocenters. The molecule has 0 bridgehead atoms. The van der Waals surface area contributed by atoms with Gasteiger partial charge in [0.05, 0.1) is 5.60 Å². The number of rotatable bonds is 0. The molecule has 3 fully saturated rings. The van der Waals surface area contributed by atoms with Crippen molar-refractivity contribution in [2.24, 2.45) is 29.1 Å². The molecular formula is C19H28O2. The molecule has 0 aromatic heterocycles. The van der Waals surface area contributed by atoms with Gasteiger partial charge in [0.25, 0.3) is 0 Å². The lowest BCUT2D eigenvalue weighted by molar-refractivity contribution is -0.117. The van der Waals surface area contributed by atoms with Crippen molar-refractivity contribution in [3.8, 4) is 0 Å². The summed E-state index contributed by atoms with van der Waals surface area (Å²) in [5.74, 6) is 3.30. The summed E-state index contributed by atoms with van der Waals surface area (Å²) in [6.45, 7) is 4.41. The van der Waals surface area contributed by atoms with E-state index < -0.39 is 5.60 Å². The Kier molecular flexibility index (Phi) is 2.96. The molecule has 4 rings (SSSR count). The first-order chi connectivity index (χ1) is 9.92. The number of hydrogen-bond donors (Lipinski definition) is 1. The first-order valence-electron chi connectivity index (χ1n) is 8.88. The van der Waals surface area contributed by atoms with Gasteiger partial charge in [0.15, 0.2) is 5.78 Å². The smallest absolute Gasteiger partial charge is 0.155 e. The van der Waals surface area contributed by atoms with E-state index >= 15 is 0 Å². The van der Waals surface area contributed by atoms with Crippen LogP contribution < -0.4 is 0 Å². The Hall–Kier alpha value is -0.630. The summed E-state index contributed by atoms with van der Waals surface area (Å²) >= 11 is 0. The molecule has 4 aliphatic rings. The van der Waals surface area contributed by atoms with E-state index in [9.17, 15) is 9.90 Å². The molecular weight excluding hydrogens is 260 g/mol. The SMILES string of the molecule is C[C@]1(O)CCC2C3CCC4=CC(=O)CCC4C3CC[C@@]21C. The second-order valence-electron chi connectivity index (χ2n) is 8.57. The zero-order valence-electron chi connectivity index (χ0n) is 13.4. The summed E-state index contributed by atoms with van der Waals surface area (Å²) in [6, 6.07) is 0. The molecule has 21 heavy (non-hydrogen) atoms. The van der Waals surface area contributed by atoms with Crippen LogP contribution >= 0.6 is 0 Å². The van der Waals surface area contributed by atoms with Gasteiger partial charge in [0.1, 0.15) is 0 Å². The third kappa shape index (κ3) is 1.84. The van der Waals surface area contributed by atoms with E-state index in [0.29, 0.717) is 17.6 Å². The van der Waals surface area contributed by atoms with Crippen LogP contribution in [0.25, 0.3) is 0 Å². The van der Waals surface area contributed by atoms with Crippen molar-refractivity contribution in [3.63, 3.8) is 0 Å². The number of aliphatic hydroxyl groups is 1. The molecule has 0 spiro atoms. The zero-order chi connectivity index (χ0) is 14.8. The number of fused-ring (bicyclic) bond motifs is 5. The van der Waals surface area contributed by atoms with E-state index in [1.54, 1.807) is 0 Å². The van der Waals surface area contributed by atoms with Gasteiger partial charge in [0, 0.05) is 6.42 Å². The van der Waals surface area contributed by atoms with Crippen molar-refractivity contribution in [2.75, 3.05) is 0 Å². The number of carbonyl (C=O) groups is 1. The molecule has 0 aromatic carbocycles. The predicted octanol–water partition coefficient (Wildman–Crippen LogP) is 3.88. The van der Waals surface area contributed by atoms with E-state index in [4.69, 9.17) is 0 Å². The first kappa shape index (κ1) is 14.0. The molecule has 2 nitrogen and oxygen atoms in total. The van der Waals surface area contributed by atoms with Gasteiger partial charge < -0.3 is 5.11 Å². The van der Waals surface area contributed by atoms with Crippen molar-refractivity contribution in [1.82, 2.24) is 0 Å². The monoisotopic (exact) mass is 288 g/mol. The molecule has 1 N–H and O–H groups in total. The highest BCUT2D eigenvalue weighted by atomic mass is 16.3. The second-order valence-corrected chi connectivity index (χ2v) is 8.57. The highest BCUT2D eigenvalue weighted by molar-refractivity contribution is 5.91. The van der Waals surface area contributed by atoms with Gasteiger partial charge in [-0.3, -0.25) is 4.79 Å². The number of carbonyl (C=O) groups excluding carboxylic acids is 1. The summed E-state index contributed by atoms with van der Waals surface area (Å²) in [5, 5.41) is 10.9. The lowest BCUT2D eigenvalue weighted by atomic mass is 9.51. The fraction of sp³-hybridized carbons (Fsp3) is 0.842. The van der Waals surface area contributed by atoms with E-state index in [0.717, 1.165) is 37.5 Å². The standard InChI is InChI=1S/C19H28O2/c1-18-9-7-15-14-6-4-13(20)11-12(14)3-5-16(15)17(18)8-10-19(18,2)21/h11,14-17,21H,3-10H2,1-2H3/t14?,15?,16?,17?,18-,19-/m0/s1. The average Bonchev–Trinajstić information content (AvgIpc) is 2.69. The van der Waals surface area contributed by atoms with E-state index in [1.807, 2.05) is 6.08 Å². The summed E-state index contributed by atoms with van der Waals surface area (Å²) in [7, 11) is 0. The molecule has 4 aliphatic carbocycles. The predicted molar refractivity (Wildman–Crippen MR) is 82.7 cm³/mol. The van der Waals surface area contributed by atoms with Gasteiger partial charge in [-0.1, -0.05) is 12.5 Å². The summed E-state index contributed by atoms with van der Waals surface area (Å²) in [6.07, 6.45) is 10.8. The maximum atomic E-state index is 11.7. The van der Waals surface area contributed by atoms with Gasteiger partial charge in [-0.2, -0.15) is 0 Å². The van der Waals surface area contributed by atoms with E-state index in [1.165, 1.54) is 31.3 Å². The number of allylic oxidation sites excluding steroid dienone is 1. The molecule has 2 heteroatoms.